The number of ether oxygens (including phenoxy) is 1. The van der Waals surface area contributed by atoms with Crippen molar-refractivity contribution in [2.45, 2.75) is 26.3 Å². The van der Waals surface area contributed by atoms with Gasteiger partial charge >= 0.3 is 5.97 Å². The minimum atomic E-state index is -0.407. The topological polar surface area (TPSA) is 84.1 Å². The molecule has 0 saturated heterocycles. The van der Waals surface area contributed by atoms with Crippen molar-refractivity contribution >= 4 is 34.1 Å². The van der Waals surface area contributed by atoms with Crippen molar-refractivity contribution in [1.82, 2.24) is 15.5 Å². The summed E-state index contributed by atoms with van der Waals surface area (Å²) in [6.07, 6.45) is 1.74. The molecule has 1 amide bonds. The van der Waals surface area contributed by atoms with Gasteiger partial charge in [-0.3, -0.25) is 9.89 Å². The lowest BCUT2D eigenvalue weighted by Crippen LogP contribution is -2.21. The van der Waals surface area contributed by atoms with Gasteiger partial charge in [-0.1, -0.05) is 26.0 Å². The molecular formula is C18H19N3O3S. The first-order valence-electron chi connectivity index (χ1n) is 7.92. The number of methoxy groups -OCH3 is 1. The molecule has 0 atom stereocenters. The predicted molar refractivity (Wildman–Crippen MR) is 97.0 cm³/mol. The van der Waals surface area contributed by atoms with Crippen molar-refractivity contribution < 1.29 is 14.3 Å². The van der Waals surface area contributed by atoms with Gasteiger partial charge in [0.15, 0.2) is 0 Å². The Balaban J connectivity index is 1.79. The van der Waals surface area contributed by atoms with Gasteiger partial charge in [0.25, 0.3) is 5.91 Å². The summed E-state index contributed by atoms with van der Waals surface area (Å²) < 4.78 is 4.82. The Kier molecular flexibility index (Phi) is 4.85. The van der Waals surface area contributed by atoms with Crippen LogP contribution in [0.25, 0.3) is 10.9 Å². The van der Waals surface area contributed by atoms with Gasteiger partial charge in [0.1, 0.15) is 4.88 Å². The normalized spacial score (nSPS) is 11.0. The van der Waals surface area contributed by atoms with Crippen LogP contribution >= 0.6 is 11.3 Å². The molecule has 0 aliphatic heterocycles. The number of esters is 1. The molecule has 0 aliphatic carbocycles. The summed E-state index contributed by atoms with van der Waals surface area (Å²) in [5, 5.41) is 10.8. The largest absolute Gasteiger partial charge is 0.465 e. The lowest BCUT2D eigenvalue weighted by Gasteiger charge is -2.05. The molecule has 25 heavy (non-hydrogen) atoms. The molecule has 3 rings (SSSR count). The Labute approximate surface area is 149 Å². The second-order valence-corrected chi connectivity index (χ2v) is 7.02. The van der Waals surface area contributed by atoms with Gasteiger partial charge in [0.2, 0.25) is 0 Å². The van der Waals surface area contributed by atoms with Gasteiger partial charge in [-0.25, -0.2) is 4.79 Å². The Hall–Kier alpha value is -2.67. The molecule has 0 unspecified atom stereocenters. The van der Waals surface area contributed by atoms with Gasteiger partial charge in [-0.05, 0) is 29.2 Å². The molecule has 7 heteroatoms. The second-order valence-electron chi connectivity index (χ2n) is 5.97. The number of carbonyl (C=O) groups is 2. The fourth-order valence-corrected chi connectivity index (χ4v) is 3.79. The van der Waals surface area contributed by atoms with Gasteiger partial charge in [0, 0.05) is 11.9 Å². The van der Waals surface area contributed by atoms with E-state index in [9.17, 15) is 9.59 Å². The molecule has 2 N–H and O–H groups in total. The Morgan fingerprint density at radius 3 is 2.88 bits per heavy atom. The molecular weight excluding hydrogens is 338 g/mol. The van der Waals surface area contributed by atoms with E-state index in [2.05, 4.69) is 15.5 Å². The number of aromatic amines is 1. The Morgan fingerprint density at radius 1 is 1.36 bits per heavy atom. The van der Waals surface area contributed by atoms with Crippen LogP contribution in [0.15, 0.2) is 30.5 Å². The summed E-state index contributed by atoms with van der Waals surface area (Å²) in [5.74, 6) is -0.481. The maximum atomic E-state index is 12.5. The highest BCUT2D eigenvalue weighted by Crippen LogP contribution is 2.29. The van der Waals surface area contributed by atoms with Crippen LogP contribution in [-0.4, -0.2) is 29.2 Å². The van der Waals surface area contributed by atoms with Crippen molar-refractivity contribution in [1.29, 1.82) is 0 Å². The molecule has 0 bridgehead atoms. The van der Waals surface area contributed by atoms with Crippen LogP contribution in [0.4, 0.5) is 0 Å². The number of nitrogens with one attached hydrogen (secondary N) is 2. The van der Waals surface area contributed by atoms with Crippen molar-refractivity contribution in [2.24, 2.45) is 0 Å². The number of rotatable bonds is 5. The Bertz CT molecular complexity index is 927. The lowest BCUT2D eigenvalue weighted by atomic mass is 10.0. The average Bonchev–Trinajstić information content (AvgIpc) is 3.25. The molecule has 0 saturated carbocycles. The zero-order valence-electron chi connectivity index (χ0n) is 14.3. The van der Waals surface area contributed by atoms with Crippen LogP contribution in [0.2, 0.25) is 0 Å². The zero-order chi connectivity index (χ0) is 18.0. The van der Waals surface area contributed by atoms with E-state index in [-0.39, 0.29) is 11.8 Å². The highest BCUT2D eigenvalue weighted by molar-refractivity contribution is 7.16. The standard InChI is InChI=1S/C18H19N3O3S/c1-10(2)12-7-15(25-16(12)18(23)24-3)17(22)19-8-11-5-4-6-14-13(11)9-20-21-14/h4-7,9-10H,8H2,1-3H3,(H,19,22)(H,20,21). The highest BCUT2D eigenvalue weighted by Gasteiger charge is 2.21. The number of nitrogens with zero attached hydrogens (tertiary/aromatic N) is 1. The zero-order valence-corrected chi connectivity index (χ0v) is 15.1. The number of amides is 1. The van der Waals surface area contributed by atoms with E-state index in [1.165, 1.54) is 7.11 Å². The van der Waals surface area contributed by atoms with E-state index >= 15 is 0 Å². The molecule has 0 aliphatic rings. The van der Waals surface area contributed by atoms with Gasteiger partial charge < -0.3 is 10.1 Å². The van der Waals surface area contributed by atoms with Gasteiger partial charge in [0.05, 0.1) is 23.7 Å². The number of carbonyl (C=O) groups excluding carboxylic acids is 2. The third-order valence-electron chi connectivity index (χ3n) is 3.99. The number of hydrogen-bond donors (Lipinski definition) is 2. The minimum absolute atomic E-state index is 0.131. The summed E-state index contributed by atoms with van der Waals surface area (Å²) in [5.41, 5.74) is 2.74. The van der Waals surface area contributed by atoms with Crippen molar-refractivity contribution in [3.05, 3.63) is 51.3 Å². The average molecular weight is 357 g/mol. The number of fused-ring (bicyclic) bond motifs is 1. The van der Waals surface area contributed by atoms with Crippen LogP contribution in [0.3, 0.4) is 0 Å². The predicted octanol–water partition coefficient (Wildman–Crippen LogP) is 3.46. The number of H-pyrrole nitrogens is 1. The number of hydrogen-bond acceptors (Lipinski definition) is 5. The molecule has 0 radical (unpaired) electrons. The van der Waals surface area contributed by atoms with E-state index in [0.29, 0.717) is 16.3 Å². The van der Waals surface area contributed by atoms with E-state index in [4.69, 9.17) is 4.74 Å². The monoisotopic (exact) mass is 357 g/mol. The minimum Gasteiger partial charge on any atom is -0.465 e. The van der Waals surface area contributed by atoms with Crippen LogP contribution in [0.5, 0.6) is 0 Å². The third kappa shape index (κ3) is 3.41. The first-order valence-corrected chi connectivity index (χ1v) is 8.74. The SMILES string of the molecule is COC(=O)c1sc(C(=O)NCc2cccc3[nH]ncc23)cc1C(C)C. The number of aromatic nitrogens is 2. The quantitative estimate of drug-likeness (QED) is 0.685. The maximum absolute atomic E-state index is 12.5. The third-order valence-corrected chi connectivity index (χ3v) is 5.12. The van der Waals surface area contributed by atoms with Crippen LogP contribution in [-0.2, 0) is 11.3 Å². The summed E-state index contributed by atoms with van der Waals surface area (Å²) in [6, 6.07) is 7.57. The molecule has 0 fully saturated rings. The second kappa shape index (κ2) is 7.06. The molecule has 130 valence electrons. The van der Waals surface area contributed by atoms with E-state index in [1.807, 2.05) is 32.0 Å². The smallest absolute Gasteiger partial charge is 0.348 e. The lowest BCUT2D eigenvalue weighted by molar-refractivity contribution is 0.0604. The van der Waals surface area contributed by atoms with Crippen LogP contribution in [0.1, 0.15) is 50.2 Å². The Morgan fingerprint density at radius 2 is 2.16 bits per heavy atom. The van der Waals surface area contributed by atoms with E-state index < -0.39 is 5.97 Å². The molecule has 6 nitrogen and oxygen atoms in total. The van der Waals surface area contributed by atoms with Crippen molar-refractivity contribution in [3.8, 4) is 0 Å². The van der Waals surface area contributed by atoms with E-state index in [1.54, 1.807) is 12.3 Å². The fourth-order valence-electron chi connectivity index (χ4n) is 2.64. The molecule has 1 aromatic carbocycles. The number of thiophene rings is 1. The van der Waals surface area contributed by atoms with Gasteiger partial charge in [-0.2, -0.15) is 5.10 Å². The van der Waals surface area contributed by atoms with Crippen LogP contribution in [0, 0.1) is 0 Å². The first kappa shape index (κ1) is 17.2. The van der Waals surface area contributed by atoms with E-state index in [0.717, 1.165) is 33.4 Å². The highest BCUT2D eigenvalue weighted by atomic mass is 32.1. The number of benzene rings is 1. The van der Waals surface area contributed by atoms with Crippen molar-refractivity contribution in [2.75, 3.05) is 7.11 Å². The molecule has 3 aromatic rings. The molecule has 0 spiro atoms. The van der Waals surface area contributed by atoms with Crippen molar-refractivity contribution in [3.63, 3.8) is 0 Å². The maximum Gasteiger partial charge on any atom is 0.348 e. The van der Waals surface area contributed by atoms with Crippen LogP contribution < -0.4 is 5.32 Å². The summed E-state index contributed by atoms with van der Waals surface area (Å²) in [4.78, 5) is 25.4. The summed E-state index contributed by atoms with van der Waals surface area (Å²) in [7, 11) is 1.34. The van der Waals surface area contributed by atoms with Gasteiger partial charge in [-0.15, -0.1) is 11.3 Å². The molecule has 2 heterocycles. The molecule has 2 aromatic heterocycles. The summed E-state index contributed by atoms with van der Waals surface area (Å²) in [6.45, 7) is 4.35. The first-order chi connectivity index (χ1) is 12.0. The summed E-state index contributed by atoms with van der Waals surface area (Å²) >= 11 is 1.16. The fraction of sp³-hybridized carbons (Fsp3) is 0.278.